The third kappa shape index (κ3) is 5.57. The van der Waals surface area contributed by atoms with Gasteiger partial charge in [0.05, 0.1) is 0 Å². The van der Waals surface area contributed by atoms with Gasteiger partial charge in [-0.3, -0.25) is 0 Å². The van der Waals surface area contributed by atoms with E-state index >= 15 is 0 Å². The summed E-state index contributed by atoms with van der Waals surface area (Å²) < 4.78 is 15.1. The van der Waals surface area contributed by atoms with Crippen molar-refractivity contribution in [2.75, 3.05) is 24.5 Å². The fourth-order valence-corrected chi connectivity index (χ4v) is 2.22. The normalized spacial score (nSPS) is 17.9. The van der Waals surface area contributed by atoms with Crippen molar-refractivity contribution in [3.63, 3.8) is 0 Å². The molecule has 0 bridgehead atoms. The first kappa shape index (κ1) is 16.6. The van der Waals surface area contributed by atoms with E-state index in [2.05, 4.69) is 17.0 Å². The molecule has 0 radical (unpaired) electrons. The maximum absolute atomic E-state index is 7.56. The second kappa shape index (κ2) is 10.3. The number of rotatable bonds is 3. The average molecular weight is 311 g/mol. The molecule has 19 heavy (non-hydrogen) atoms. The quantitative estimate of drug-likeness (QED) is 0.933. The molecule has 1 aliphatic heterocycles. The summed E-state index contributed by atoms with van der Waals surface area (Å²) in [5, 5.41) is 0. The Labute approximate surface area is 131 Å². The molecule has 3 nitrogen and oxygen atoms in total. The molecule has 1 unspecified atom stereocenters. The SMILES string of the molecule is Cl.Cl.O.[2H]C([2H])(N)C(C)c1ccc(N2CCCCC2)cc1. The van der Waals surface area contributed by atoms with Gasteiger partial charge >= 0.3 is 0 Å². The van der Waals surface area contributed by atoms with E-state index in [-0.39, 0.29) is 36.2 Å². The minimum atomic E-state index is -1.66. The lowest BCUT2D eigenvalue weighted by atomic mass is 10.0. The van der Waals surface area contributed by atoms with Crippen LogP contribution >= 0.6 is 24.8 Å². The molecule has 0 aromatic heterocycles. The molecule has 1 aliphatic rings. The summed E-state index contributed by atoms with van der Waals surface area (Å²) in [6.07, 6.45) is 3.87. The molecule has 112 valence electrons. The molecule has 4 N–H and O–H groups in total. The first-order chi connectivity index (χ1) is 8.48. The number of halogens is 2. The maximum atomic E-state index is 7.56. The van der Waals surface area contributed by atoms with E-state index in [1.54, 1.807) is 0 Å². The van der Waals surface area contributed by atoms with E-state index in [1.807, 2.05) is 19.1 Å². The van der Waals surface area contributed by atoms with E-state index < -0.39 is 6.50 Å². The monoisotopic (exact) mass is 310 g/mol. The van der Waals surface area contributed by atoms with Gasteiger partial charge in [-0.25, -0.2) is 0 Å². The number of hydrogen-bond donors (Lipinski definition) is 1. The predicted octanol–water partition coefficient (Wildman–Crippen LogP) is 2.76. The van der Waals surface area contributed by atoms with Crippen molar-refractivity contribution in [1.29, 1.82) is 0 Å². The highest BCUT2D eigenvalue weighted by Crippen LogP contribution is 2.22. The Kier molecular flexibility index (Phi) is 9.01. The second-order valence-corrected chi connectivity index (χ2v) is 4.53. The number of hydrogen-bond acceptors (Lipinski definition) is 2. The molecular formula is C14H26Cl2N2O. The van der Waals surface area contributed by atoms with Gasteiger partial charge in [0, 0.05) is 21.5 Å². The zero-order valence-electron chi connectivity index (χ0n) is 13.3. The highest BCUT2D eigenvalue weighted by molar-refractivity contribution is 5.85. The summed E-state index contributed by atoms with van der Waals surface area (Å²) in [7, 11) is 0. The Morgan fingerprint density at radius 1 is 1.16 bits per heavy atom. The minimum absolute atomic E-state index is 0. The van der Waals surface area contributed by atoms with Crippen molar-refractivity contribution in [3.05, 3.63) is 29.8 Å². The maximum Gasteiger partial charge on any atom is 0.0432 e. The molecule has 0 aliphatic carbocycles. The smallest absolute Gasteiger partial charge is 0.0432 e. The summed E-state index contributed by atoms with van der Waals surface area (Å²) >= 11 is 0. The molecule has 1 heterocycles. The fourth-order valence-electron chi connectivity index (χ4n) is 2.22. The number of benzene rings is 1. The molecule has 0 amide bonds. The molecule has 1 saturated heterocycles. The predicted molar refractivity (Wildman–Crippen MR) is 88.1 cm³/mol. The van der Waals surface area contributed by atoms with Gasteiger partial charge in [0.2, 0.25) is 0 Å². The van der Waals surface area contributed by atoms with Crippen LogP contribution in [0.4, 0.5) is 5.69 Å². The molecule has 5 heteroatoms. The molecule has 2 rings (SSSR count). The van der Waals surface area contributed by atoms with Crippen LogP contribution < -0.4 is 10.6 Å². The molecule has 1 aromatic carbocycles. The highest BCUT2D eigenvalue weighted by Gasteiger charge is 2.11. The van der Waals surface area contributed by atoms with Crippen LogP contribution in [-0.2, 0) is 0 Å². The molecule has 1 aromatic rings. The van der Waals surface area contributed by atoms with Gasteiger partial charge in [-0.15, -0.1) is 24.8 Å². The lowest BCUT2D eigenvalue weighted by Gasteiger charge is -2.29. The van der Waals surface area contributed by atoms with Gasteiger partial charge < -0.3 is 16.1 Å². The van der Waals surface area contributed by atoms with Crippen LogP contribution in [0.3, 0.4) is 0 Å². The third-order valence-electron chi connectivity index (χ3n) is 3.36. The Morgan fingerprint density at radius 2 is 1.68 bits per heavy atom. The Balaban J connectivity index is 0. The van der Waals surface area contributed by atoms with Crippen LogP contribution in [0.5, 0.6) is 0 Å². The van der Waals surface area contributed by atoms with Crippen molar-refractivity contribution in [2.45, 2.75) is 32.1 Å². The number of piperidine rings is 1. The Hall–Kier alpha value is -0.480. The molecule has 1 atom stereocenters. The number of anilines is 1. The van der Waals surface area contributed by atoms with Crippen molar-refractivity contribution in [2.24, 2.45) is 5.73 Å². The van der Waals surface area contributed by atoms with E-state index in [1.165, 1.54) is 24.9 Å². The van der Waals surface area contributed by atoms with Gasteiger partial charge in [0.15, 0.2) is 0 Å². The van der Waals surface area contributed by atoms with Gasteiger partial charge in [0.1, 0.15) is 0 Å². The average Bonchev–Trinajstić information content (AvgIpc) is 2.38. The summed E-state index contributed by atoms with van der Waals surface area (Å²) in [6, 6.07) is 8.17. The summed E-state index contributed by atoms with van der Waals surface area (Å²) in [5.41, 5.74) is 7.72. The summed E-state index contributed by atoms with van der Waals surface area (Å²) in [6.45, 7) is 2.43. The third-order valence-corrected chi connectivity index (χ3v) is 3.36. The van der Waals surface area contributed by atoms with Crippen LogP contribution in [-0.4, -0.2) is 25.1 Å². The van der Waals surface area contributed by atoms with Crippen LogP contribution in [0.15, 0.2) is 24.3 Å². The lowest BCUT2D eigenvalue weighted by Crippen LogP contribution is -2.29. The zero-order chi connectivity index (χ0) is 13.2. The molecular weight excluding hydrogens is 283 g/mol. The first-order valence-corrected chi connectivity index (χ1v) is 6.12. The van der Waals surface area contributed by atoms with E-state index in [0.717, 1.165) is 18.7 Å². The molecule has 0 spiro atoms. The standard InChI is InChI=1S/C14H22N2.2ClH.H2O/c1-12(11-15)13-5-7-14(8-6-13)16-9-3-2-4-10-16;;;/h5-8,12H,2-4,9-11,15H2,1H3;2*1H;1H2/i11D2;;;. The van der Waals surface area contributed by atoms with E-state index in [4.69, 9.17) is 8.48 Å². The van der Waals surface area contributed by atoms with Crippen molar-refractivity contribution >= 4 is 30.5 Å². The first-order valence-electron chi connectivity index (χ1n) is 7.12. The molecule has 1 fully saturated rings. The van der Waals surface area contributed by atoms with Crippen LogP contribution in [0, 0.1) is 0 Å². The summed E-state index contributed by atoms with van der Waals surface area (Å²) in [5.74, 6) is -0.284. The van der Waals surface area contributed by atoms with Gasteiger partial charge in [-0.2, -0.15) is 0 Å². The Bertz CT molecular complexity index is 393. The van der Waals surface area contributed by atoms with Crippen LogP contribution in [0.2, 0.25) is 0 Å². The van der Waals surface area contributed by atoms with Crippen molar-refractivity contribution < 1.29 is 8.22 Å². The van der Waals surface area contributed by atoms with Crippen molar-refractivity contribution in [3.8, 4) is 0 Å². The van der Waals surface area contributed by atoms with E-state index in [0.29, 0.717) is 0 Å². The number of nitrogens with two attached hydrogens (primary N) is 1. The Morgan fingerprint density at radius 3 is 2.16 bits per heavy atom. The lowest BCUT2D eigenvalue weighted by molar-refractivity contribution is 0.578. The van der Waals surface area contributed by atoms with Gasteiger partial charge in [-0.05, 0) is 49.4 Å². The topological polar surface area (TPSA) is 60.8 Å². The molecule has 0 saturated carbocycles. The van der Waals surface area contributed by atoms with Gasteiger partial charge in [0.25, 0.3) is 0 Å². The second-order valence-electron chi connectivity index (χ2n) is 4.53. The highest BCUT2D eigenvalue weighted by atomic mass is 35.5. The minimum Gasteiger partial charge on any atom is -0.412 e. The zero-order valence-corrected chi connectivity index (χ0v) is 12.9. The van der Waals surface area contributed by atoms with Crippen LogP contribution in [0.1, 0.15) is 40.4 Å². The van der Waals surface area contributed by atoms with Crippen molar-refractivity contribution in [1.82, 2.24) is 0 Å². The fraction of sp³-hybridized carbons (Fsp3) is 0.571. The van der Waals surface area contributed by atoms with Crippen LogP contribution in [0.25, 0.3) is 0 Å². The van der Waals surface area contributed by atoms with Gasteiger partial charge in [-0.1, -0.05) is 19.1 Å². The summed E-state index contributed by atoms with van der Waals surface area (Å²) in [4.78, 5) is 2.40. The number of nitrogens with zero attached hydrogens (tertiary/aromatic N) is 1. The van der Waals surface area contributed by atoms with E-state index in [9.17, 15) is 0 Å². The largest absolute Gasteiger partial charge is 0.412 e.